The molecule has 57 heavy (non-hydrogen) atoms. The van der Waals surface area contributed by atoms with E-state index in [9.17, 15) is 0 Å². The number of hydrogen-bond donors (Lipinski definition) is 3. The molecule has 1 fully saturated rings. The van der Waals surface area contributed by atoms with Crippen LogP contribution in [0.25, 0.3) is 10.8 Å². The number of aryl methyl sites for hydroxylation is 3. The highest BCUT2D eigenvalue weighted by molar-refractivity contribution is 6.21. The number of nitrogens with one attached hydrogen (secondary N) is 3. The third-order valence-electron chi connectivity index (χ3n) is 12.6. The first-order valence-electron chi connectivity index (χ1n) is 21.9. The highest BCUT2D eigenvalue weighted by Crippen LogP contribution is 2.47. The summed E-state index contributed by atoms with van der Waals surface area (Å²) in [6.07, 6.45) is 12.3. The number of benzene rings is 6. The minimum atomic E-state index is 0.0344. The summed E-state index contributed by atoms with van der Waals surface area (Å²) in [6, 6.07) is 44.2. The molecule has 0 amide bonds. The summed E-state index contributed by atoms with van der Waals surface area (Å²) >= 11 is 6.90. The molecule has 8 rings (SSSR count). The summed E-state index contributed by atoms with van der Waals surface area (Å²) in [5.74, 6) is 0.371. The molecule has 0 aromatic heterocycles. The first-order valence-corrected chi connectivity index (χ1v) is 22.4. The highest BCUT2D eigenvalue weighted by atomic mass is 35.5. The Labute approximate surface area is 346 Å². The van der Waals surface area contributed by atoms with E-state index in [-0.39, 0.29) is 17.3 Å². The van der Waals surface area contributed by atoms with Crippen LogP contribution in [-0.2, 0) is 19.3 Å². The first kappa shape index (κ1) is 39.1. The van der Waals surface area contributed by atoms with E-state index in [4.69, 9.17) is 11.6 Å². The molecule has 6 aromatic rings. The van der Waals surface area contributed by atoms with E-state index >= 15 is 0 Å². The summed E-state index contributed by atoms with van der Waals surface area (Å²) < 4.78 is 0. The number of anilines is 5. The van der Waals surface area contributed by atoms with Gasteiger partial charge in [-0.1, -0.05) is 151 Å². The Balaban J connectivity index is 1.23. The van der Waals surface area contributed by atoms with Gasteiger partial charge in [-0.25, -0.2) is 0 Å². The van der Waals surface area contributed by atoms with Gasteiger partial charge in [0, 0.05) is 51.7 Å². The molecule has 1 heterocycles. The number of halogens is 1. The normalized spacial score (nSPS) is 18.0. The zero-order valence-electron chi connectivity index (χ0n) is 34.4. The zero-order valence-corrected chi connectivity index (χ0v) is 35.2. The van der Waals surface area contributed by atoms with Gasteiger partial charge in [0.1, 0.15) is 0 Å². The van der Waals surface area contributed by atoms with Gasteiger partial charge in [-0.3, -0.25) is 0 Å². The Morgan fingerprint density at radius 2 is 1.32 bits per heavy atom. The van der Waals surface area contributed by atoms with Gasteiger partial charge in [-0.05, 0) is 113 Å². The van der Waals surface area contributed by atoms with Crippen LogP contribution in [0.1, 0.15) is 135 Å². The van der Waals surface area contributed by atoms with Crippen LogP contribution < -0.4 is 16.0 Å². The number of para-hydroxylation sites is 2. The predicted octanol–water partition coefficient (Wildman–Crippen LogP) is 15.2. The van der Waals surface area contributed by atoms with Crippen molar-refractivity contribution in [2.45, 2.75) is 122 Å². The van der Waals surface area contributed by atoms with Crippen LogP contribution in [0.5, 0.6) is 0 Å². The fourth-order valence-corrected chi connectivity index (χ4v) is 10.2. The quantitative estimate of drug-likeness (QED) is 0.0762. The number of alkyl halides is 1. The fourth-order valence-electron chi connectivity index (χ4n) is 9.82. The molecule has 6 aromatic carbocycles. The summed E-state index contributed by atoms with van der Waals surface area (Å²) in [5.41, 5.74) is 17.1. The van der Waals surface area contributed by atoms with Gasteiger partial charge in [0.15, 0.2) is 0 Å². The first-order chi connectivity index (χ1) is 28.0. The molecule has 0 radical (unpaired) electrons. The van der Waals surface area contributed by atoms with Gasteiger partial charge in [-0.15, -0.1) is 11.6 Å². The van der Waals surface area contributed by atoms with Gasteiger partial charge in [-0.2, -0.15) is 0 Å². The maximum Gasteiger partial charge on any atom is 0.0537 e. The Kier molecular flexibility index (Phi) is 12.2. The van der Waals surface area contributed by atoms with Crippen molar-refractivity contribution in [3.8, 4) is 0 Å². The predicted molar refractivity (Wildman–Crippen MR) is 247 cm³/mol. The van der Waals surface area contributed by atoms with Crippen molar-refractivity contribution in [1.82, 2.24) is 0 Å². The van der Waals surface area contributed by atoms with E-state index in [0.717, 1.165) is 63.5 Å². The molecule has 0 spiro atoms. The third kappa shape index (κ3) is 8.06. The lowest BCUT2D eigenvalue weighted by Crippen LogP contribution is -2.32. The van der Waals surface area contributed by atoms with Crippen molar-refractivity contribution < 1.29 is 0 Å². The SMILES string of the molecule is CCCc1cccc(CCC)c1Nc1ccc(C(c2ccc3c(c2)C(CC)c2cccc(CCC)c2N3)c2ccc(NC3CCCCC3Cl)c3ccccc23)cc1. The van der Waals surface area contributed by atoms with Gasteiger partial charge >= 0.3 is 0 Å². The highest BCUT2D eigenvalue weighted by Gasteiger charge is 2.29. The standard InChI is InChI=1S/C53H60ClN3/c1-5-15-36-18-13-19-37(16-6-2)52(36)55-40-29-26-35(27-30-40)51(44-31-33-48(43-22-10-9-21-42(43)44)56-50-25-12-11-24-47(50)54)39-28-32-49-46(34-39)41(8-4)45-23-14-20-38(17-7-3)53(45)57-49/h9-10,13-14,18-23,26-34,41,47,50-51,55-57H,5-8,11-12,15-17,24-25H2,1-4H3. The lowest BCUT2D eigenvalue weighted by Gasteiger charge is -2.32. The van der Waals surface area contributed by atoms with E-state index in [1.54, 1.807) is 0 Å². The van der Waals surface area contributed by atoms with Crippen LogP contribution >= 0.6 is 11.6 Å². The van der Waals surface area contributed by atoms with E-state index in [1.807, 2.05) is 0 Å². The van der Waals surface area contributed by atoms with Crippen molar-refractivity contribution in [3.05, 3.63) is 160 Å². The van der Waals surface area contributed by atoms with Crippen LogP contribution in [0.15, 0.2) is 115 Å². The lowest BCUT2D eigenvalue weighted by molar-refractivity contribution is 0.470. The maximum atomic E-state index is 6.90. The molecule has 4 unspecified atom stereocenters. The van der Waals surface area contributed by atoms with Gasteiger partial charge in [0.25, 0.3) is 0 Å². The number of rotatable bonds is 14. The Morgan fingerprint density at radius 1 is 0.649 bits per heavy atom. The molecule has 1 saturated carbocycles. The summed E-state index contributed by atoms with van der Waals surface area (Å²) in [6.45, 7) is 9.15. The van der Waals surface area contributed by atoms with E-state index in [0.29, 0.717) is 5.92 Å². The van der Waals surface area contributed by atoms with Crippen molar-refractivity contribution in [2.24, 2.45) is 0 Å². The van der Waals surface area contributed by atoms with Crippen molar-refractivity contribution in [2.75, 3.05) is 16.0 Å². The summed E-state index contributed by atoms with van der Waals surface area (Å²) in [4.78, 5) is 0. The second-order valence-corrected chi connectivity index (χ2v) is 17.1. The number of hydrogen-bond acceptors (Lipinski definition) is 3. The number of fused-ring (bicyclic) bond motifs is 3. The largest absolute Gasteiger partial charge is 0.380 e. The average Bonchev–Trinajstić information content (AvgIpc) is 3.24. The smallest absolute Gasteiger partial charge is 0.0537 e. The topological polar surface area (TPSA) is 36.1 Å². The molecule has 3 nitrogen and oxygen atoms in total. The second kappa shape index (κ2) is 17.8. The Bertz CT molecular complexity index is 2290. The molecular formula is C53H60ClN3. The Morgan fingerprint density at radius 3 is 2.04 bits per heavy atom. The Hall–Kier alpha value is -4.73. The van der Waals surface area contributed by atoms with Gasteiger partial charge < -0.3 is 16.0 Å². The molecule has 3 N–H and O–H groups in total. The second-order valence-electron chi connectivity index (χ2n) is 16.5. The van der Waals surface area contributed by atoms with Crippen LogP contribution in [0, 0.1) is 0 Å². The molecule has 0 saturated heterocycles. The van der Waals surface area contributed by atoms with Crippen LogP contribution in [0.2, 0.25) is 0 Å². The van der Waals surface area contributed by atoms with Crippen LogP contribution in [0.3, 0.4) is 0 Å². The minimum absolute atomic E-state index is 0.0344. The molecule has 4 atom stereocenters. The molecular weight excluding hydrogens is 714 g/mol. The lowest BCUT2D eigenvalue weighted by atomic mass is 9.78. The molecule has 2 aliphatic rings. The zero-order chi connectivity index (χ0) is 39.3. The maximum absolute atomic E-state index is 6.90. The van der Waals surface area contributed by atoms with E-state index in [2.05, 4.69) is 159 Å². The molecule has 1 aliphatic heterocycles. The van der Waals surface area contributed by atoms with Gasteiger partial charge in [0.05, 0.1) is 5.38 Å². The van der Waals surface area contributed by atoms with Crippen LogP contribution in [-0.4, -0.2) is 11.4 Å². The van der Waals surface area contributed by atoms with Gasteiger partial charge in [0.2, 0.25) is 0 Å². The van der Waals surface area contributed by atoms with Crippen molar-refractivity contribution in [3.63, 3.8) is 0 Å². The molecule has 4 heteroatoms. The summed E-state index contributed by atoms with van der Waals surface area (Å²) in [7, 11) is 0. The fraction of sp³-hybridized carbons (Fsp3) is 0.358. The minimum Gasteiger partial charge on any atom is -0.380 e. The van der Waals surface area contributed by atoms with Crippen LogP contribution in [0.4, 0.5) is 28.4 Å². The van der Waals surface area contributed by atoms with Crippen molar-refractivity contribution >= 4 is 50.8 Å². The molecule has 294 valence electrons. The average molecular weight is 775 g/mol. The molecule has 0 bridgehead atoms. The monoisotopic (exact) mass is 773 g/mol. The summed E-state index contributed by atoms with van der Waals surface area (Å²) in [5, 5.41) is 14.4. The third-order valence-corrected chi connectivity index (χ3v) is 13.1. The van der Waals surface area contributed by atoms with E-state index < -0.39 is 0 Å². The van der Waals surface area contributed by atoms with Crippen molar-refractivity contribution in [1.29, 1.82) is 0 Å². The van der Waals surface area contributed by atoms with E-state index in [1.165, 1.54) is 90.9 Å². The molecule has 1 aliphatic carbocycles.